The number of amides is 1. The van der Waals surface area contributed by atoms with Gasteiger partial charge in [0, 0.05) is 17.8 Å². The van der Waals surface area contributed by atoms with Crippen LogP contribution in [-0.4, -0.2) is 18.1 Å². The van der Waals surface area contributed by atoms with Crippen LogP contribution < -0.4 is 15.8 Å². The maximum Gasteiger partial charge on any atom is 0.260 e. The molecular formula is C12H15BrN2O2. The van der Waals surface area contributed by atoms with E-state index in [0.717, 1.165) is 17.3 Å². The Kier molecular flexibility index (Phi) is 3.57. The summed E-state index contributed by atoms with van der Waals surface area (Å²) in [6.45, 7) is 1.73. The molecule has 1 aliphatic carbocycles. The van der Waals surface area contributed by atoms with Gasteiger partial charge in [-0.3, -0.25) is 4.79 Å². The van der Waals surface area contributed by atoms with Crippen LogP contribution in [0.25, 0.3) is 0 Å². The van der Waals surface area contributed by atoms with Crippen molar-refractivity contribution in [3.05, 3.63) is 22.7 Å². The summed E-state index contributed by atoms with van der Waals surface area (Å²) in [6, 6.07) is 5.62. The van der Waals surface area contributed by atoms with Gasteiger partial charge in [0.05, 0.1) is 4.47 Å². The average Bonchev–Trinajstić information content (AvgIpc) is 3.07. The Morgan fingerprint density at radius 1 is 1.59 bits per heavy atom. The summed E-state index contributed by atoms with van der Waals surface area (Å²) in [5.41, 5.74) is 6.28. The predicted octanol–water partition coefficient (Wildman–Crippen LogP) is 2.08. The fourth-order valence-electron chi connectivity index (χ4n) is 1.40. The van der Waals surface area contributed by atoms with Crippen LogP contribution in [0.3, 0.4) is 0 Å². The van der Waals surface area contributed by atoms with E-state index in [1.807, 2.05) is 0 Å². The lowest BCUT2D eigenvalue weighted by atomic mass is 10.3. The molecule has 1 saturated carbocycles. The van der Waals surface area contributed by atoms with E-state index in [9.17, 15) is 4.79 Å². The van der Waals surface area contributed by atoms with Gasteiger partial charge in [-0.2, -0.15) is 0 Å². The molecule has 5 heteroatoms. The van der Waals surface area contributed by atoms with Gasteiger partial charge in [0.2, 0.25) is 0 Å². The molecule has 0 bridgehead atoms. The van der Waals surface area contributed by atoms with Gasteiger partial charge >= 0.3 is 0 Å². The Labute approximate surface area is 109 Å². The number of rotatable bonds is 4. The van der Waals surface area contributed by atoms with E-state index in [4.69, 9.17) is 10.5 Å². The summed E-state index contributed by atoms with van der Waals surface area (Å²) in [7, 11) is 0. The van der Waals surface area contributed by atoms with E-state index < -0.39 is 6.10 Å². The topological polar surface area (TPSA) is 64.3 Å². The molecule has 2 rings (SSSR count). The standard InChI is InChI=1S/C12H15BrN2O2/c1-7(12(16)15-9-3-4-9)17-11-6-8(14)2-5-10(11)13/h2,5-7,9H,3-4,14H2,1H3,(H,15,16). The Morgan fingerprint density at radius 2 is 2.29 bits per heavy atom. The Balaban J connectivity index is 1.98. The molecule has 4 nitrogen and oxygen atoms in total. The van der Waals surface area contributed by atoms with Crippen molar-refractivity contribution in [3.8, 4) is 5.75 Å². The number of hydrogen-bond donors (Lipinski definition) is 2. The maximum atomic E-state index is 11.7. The monoisotopic (exact) mass is 298 g/mol. The third-order valence-corrected chi connectivity index (χ3v) is 3.21. The average molecular weight is 299 g/mol. The molecule has 0 radical (unpaired) electrons. The molecule has 0 spiro atoms. The lowest BCUT2D eigenvalue weighted by molar-refractivity contribution is -0.127. The van der Waals surface area contributed by atoms with Gasteiger partial charge in [-0.25, -0.2) is 0 Å². The summed E-state index contributed by atoms with van der Waals surface area (Å²) in [4.78, 5) is 11.7. The van der Waals surface area contributed by atoms with Crippen LogP contribution >= 0.6 is 15.9 Å². The molecule has 1 amide bonds. The molecule has 1 fully saturated rings. The van der Waals surface area contributed by atoms with Crippen molar-refractivity contribution in [2.75, 3.05) is 5.73 Å². The molecule has 0 aliphatic heterocycles. The second-order valence-electron chi connectivity index (χ2n) is 4.23. The zero-order chi connectivity index (χ0) is 12.4. The van der Waals surface area contributed by atoms with Gasteiger partial charge in [0.1, 0.15) is 5.75 Å². The van der Waals surface area contributed by atoms with Crippen LogP contribution in [0.2, 0.25) is 0 Å². The van der Waals surface area contributed by atoms with Crippen LogP contribution in [-0.2, 0) is 4.79 Å². The SMILES string of the molecule is CC(Oc1cc(N)ccc1Br)C(=O)NC1CC1. The fraction of sp³-hybridized carbons (Fsp3) is 0.417. The second kappa shape index (κ2) is 4.96. The largest absolute Gasteiger partial charge is 0.480 e. The highest BCUT2D eigenvalue weighted by molar-refractivity contribution is 9.10. The van der Waals surface area contributed by atoms with E-state index >= 15 is 0 Å². The number of nitrogens with two attached hydrogens (primary N) is 1. The van der Waals surface area contributed by atoms with Crippen molar-refractivity contribution in [2.45, 2.75) is 31.9 Å². The number of carbonyl (C=O) groups is 1. The molecule has 1 unspecified atom stereocenters. The summed E-state index contributed by atoms with van der Waals surface area (Å²) < 4.78 is 6.37. The minimum atomic E-state index is -0.520. The number of benzene rings is 1. The number of ether oxygens (including phenoxy) is 1. The summed E-state index contributed by atoms with van der Waals surface area (Å²) in [6.07, 6.45) is 1.62. The van der Waals surface area contributed by atoms with E-state index in [1.165, 1.54) is 0 Å². The lowest BCUT2D eigenvalue weighted by Gasteiger charge is -2.15. The zero-order valence-electron chi connectivity index (χ0n) is 9.57. The molecule has 1 aromatic rings. The van der Waals surface area contributed by atoms with Crippen molar-refractivity contribution < 1.29 is 9.53 Å². The van der Waals surface area contributed by atoms with Crippen LogP contribution in [0.5, 0.6) is 5.75 Å². The van der Waals surface area contributed by atoms with Gasteiger partial charge in [0.25, 0.3) is 5.91 Å². The third-order valence-electron chi connectivity index (χ3n) is 2.55. The Morgan fingerprint density at radius 3 is 2.94 bits per heavy atom. The number of carbonyl (C=O) groups excluding carboxylic acids is 1. The van der Waals surface area contributed by atoms with E-state index in [2.05, 4.69) is 21.2 Å². The molecule has 0 heterocycles. The second-order valence-corrected chi connectivity index (χ2v) is 5.09. The first-order valence-corrected chi connectivity index (χ1v) is 6.37. The van der Waals surface area contributed by atoms with E-state index in [1.54, 1.807) is 25.1 Å². The zero-order valence-corrected chi connectivity index (χ0v) is 11.2. The van der Waals surface area contributed by atoms with Crippen molar-refractivity contribution in [3.63, 3.8) is 0 Å². The third kappa shape index (κ3) is 3.36. The predicted molar refractivity (Wildman–Crippen MR) is 69.8 cm³/mol. The maximum absolute atomic E-state index is 11.7. The van der Waals surface area contributed by atoms with Crippen LogP contribution in [0, 0.1) is 0 Å². The molecule has 3 N–H and O–H groups in total. The summed E-state index contributed by atoms with van der Waals surface area (Å²) in [5, 5.41) is 2.90. The number of nitrogens with one attached hydrogen (secondary N) is 1. The Hall–Kier alpha value is -1.23. The van der Waals surface area contributed by atoms with Crippen molar-refractivity contribution in [1.82, 2.24) is 5.32 Å². The number of hydrogen-bond acceptors (Lipinski definition) is 3. The highest BCUT2D eigenvalue weighted by Crippen LogP contribution is 2.28. The van der Waals surface area contributed by atoms with Crippen molar-refractivity contribution >= 4 is 27.5 Å². The highest BCUT2D eigenvalue weighted by Gasteiger charge is 2.26. The van der Waals surface area contributed by atoms with Crippen LogP contribution in [0.4, 0.5) is 5.69 Å². The quantitative estimate of drug-likeness (QED) is 0.837. The first-order chi connectivity index (χ1) is 8.06. The van der Waals surface area contributed by atoms with Gasteiger partial charge in [0.15, 0.2) is 6.10 Å². The minimum Gasteiger partial charge on any atom is -0.480 e. The van der Waals surface area contributed by atoms with Crippen LogP contribution in [0.1, 0.15) is 19.8 Å². The normalized spacial score (nSPS) is 16.4. The molecule has 0 aromatic heterocycles. The lowest BCUT2D eigenvalue weighted by Crippen LogP contribution is -2.37. The van der Waals surface area contributed by atoms with E-state index in [-0.39, 0.29) is 5.91 Å². The van der Waals surface area contributed by atoms with Gasteiger partial charge in [-0.05, 0) is 47.8 Å². The van der Waals surface area contributed by atoms with Gasteiger partial charge in [-0.1, -0.05) is 0 Å². The fourth-order valence-corrected chi connectivity index (χ4v) is 1.74. The number of nitrogen functional groups attached to an aromatic ring is 1. The highest BCUT2D eigenvalue weighted by atomic mass is 79.9. The molecule has 1 aliphatic rings. The van der Waals surface area contributed by atoms with Crippen molar-refractivity contribution in [1.29, 1.82) is 0 Å². The van der Waals surface area contributed by atoms with E-state index in [0.29, 0.717) is 17.5 Å². The first-order valence-electron chi connectivity index (χ1n) is 5.58. The van der Waals surface area contributed by atoms with Crippen molar-refractivity contribution in [2.24, 2.45) is 0 Å². The van der Waals surface area contributed by atoms with Gasteiger partial charge in [-0.15, -0.1) is 0 Å². The van der Waals surface area contributed by atoms with Gasteiger partial charge < -0.3 is 15.8 Å². The molecule has 1 aromatic carbocycles. The molecule has 0 saturated heterocycles. The van der Waals surface area contributed by atoms with Crippen LogP contribution in [0.15, 0.2) is 22.7 Å². The smallest absolute Gasteiger partial charge is 0.260 e. The molecule has 1 atom stereocenters. The minimum absolute atomic E-state index is 0.0816. The summed E-state index contributed by atoms with van der Waals surface area (Å²) >= 11 is 3.36. The number of anilines is 1. The molecule has 92 valence electrons. The Bertz CT molecular complexity index is 433. The molecular weight excluding hydrogens is 284 g/mol. The summed E-state index contributed by atoms with van der Waals surface area (Å²) in [5.74, 6) is 0.505. The molecule has 17 heavy (non-hydrogen) atoms. The number of halogens is 1. The first kappa shape index (κ1) is 12.2.